The summed E-state index contributed by atoms with van der Waals surface area (Å²) in [5.74, 6) is 0.321. The molecule has 0 saturated carbocycles. The molecule has 0 bridgehead atoms. The van der Waals surface area contributed by atoms with Gasteiger partial charge in [-0.15, -0.1) is 0 Å². The second-order valence-corrected chi connectivity index (χ2v) is 6.91. The van der Waals surface area contributed by atoms with Gasteiger partial charge in [0.15, 0.2) is 0 Å². The molecule has 1 heterocycles. The predicted molar refractivity (Wildman–Crippen MR) is 103 cm³/mol. The van der Waals surface area contributed by atoms with E-state index in [-0.39, 0.29) is 11.9 Å². The predicted octanol–water partition coefficient (Wildman–Crippen LogP) is 2.52. The summed E-state index contributed by atoms with van der Waals surface area (Å²) in [5.41, 5.74) is 1.42. The molecule has 0 atom stereocenters. The van der Waals surface area contributed by atoms with Crippen LogP contribution in [0.3, 0.4) is 0 Å². The minimum Gasteiger partial charge on any atom is -0.379 e. The maximum atomic E-state index is 11.9. The third kappa shape index (κ3) is 7.84. The number of nitrogens with zero attached hydrogens (tertiary/aromatic N) is 1. The van der Waals surface area contributed by atoms with Crippen molar-refractivity contribution < 1.29 is 14.3 Å². The first-order chi connectivity index (χ1) is 12.5. The fourth-order valence-corrected chi connectivity index (χ4v) is 2.72. The maximum absolute atomic E-state index is 11.9. The number of amides is 3. The molecule has 1 fully saturated rings. The van der Waals surface area contributed by atoms with E-state index in [4.69, 9.17) is 4.74 Å². The number of rotatable bonds is 8. The Kier molecular flexibility index (Phi) is 8.37. The van der Waals surface area contributed by atoms with Crippen molar-refractivity contribution in [1.82, 2.24) is 10.2 Å². The minimum atomic E-state index is -0.219. The molecule has 1 aliphatic rings. The number of hydrogen-bond donors (Lipinski definition) is 3. The number of carbonyl (C=O) groups is 2. The fraction of sp³-hybridized carbons (Fsp3) is 0.579. The molecule has 0 spiro atoms. The Balaban J connectivity index is 1.64. The van der Waals surface area contributed by atoms with Crippen molar-refractivity contribution in [1.29, 1.82) is 0 Å². The van der Waals surface area contributed by atoms with Crippen LogP contribution < -0.4 is 16.0 Å². The topological polar surface area (TPSA) is 82.7 Å². The van der Waals surface area contributed by atoms with E-state index < -0.39 is 0 Å². The van der Waals surface area contributed by atoms with Crippen molar-refractivity contribution in [2.24, 2.45) is 5.92 Å². The Morgan fingerprint density at radius 2 is 1.69 bits per heavy atom. The van der Waals surface area contributed by atoms with Crippen molar-refractivity contribution in [3.05, 3.63) is 24.3 Å². The van der Waals surface area contributed by atoms with Gasteiger partial charge in [0.05, 0.1) is 13.2 Å². The third-order valence-electron chi connectivity index (χ3n) is 4.06. The number of urea groups is 1. The van der Waals surface area contributed by atoms with Crippen LogP contribution in [0.25, 0.3) is 0 Å². The molecule has 0 aromatic heterocycles. The molecule has 3 N–H and O–H groups in total. The van der Waals surface area contributed by atoms with E-state index in [1.807, 2.05) is 13.8 Å². The van der Waals surface area contributed by atoms with E-state index in [1.54, 1.807) is 24.3 Å². The van der Waals surface area contributed by atoms with Gasteiger partial charge < -0.3 is 20.7 Å². The van der Waals surface area contributed by atoms with Crippen LogP contribution in [0.15, 0.2) is 24.3 Å². The molecule has 0 radical (unpaired) electrons. The van der Waals surface area contributed by atoms with Crippen LogP contribution in [0.4, 0.5) is 16.2 Å². The number of nitrogens with one attached hydrogen (secondary N) is 3. The van der Waals surface area contributed by atoms with Crippen LogP contribution in [0.1, 0.15) is 26.7 Å². The zero-order chi connectivity index (χ0) is 18.8. The summed E-state index contributed by atoms with van der Waals surface area (Å²) in [4.78, 5) is 26.0. The van der Waals surface area contributed by atoms with Gasteiger partial charge in [0.1, 0.15) is 0 Å². The van der Waals surface area contributed by atoms with Gasteiger partial charge in [-0.3, -0.25) is 9.69 Å². The van der Waals surface area contributed by atoms with Crippen LogP contribution >= 0.6 is 0 Å². The molecule has 7 nitrogen and oxygen atoms in total. The van der Waals surface area contributed by atoms with Crippen molar-refractivity contribution >= 4 is 23.3 Å². The molecule has 2 rings (SSSR count). The average Bonchev–Trinajstić information content (AvgIpc) is 2.61. The second-order valence-electron chi connectivity index (χ2n) is 6.91. The van der Waals surface area contributed by atoms with Crippen molar-refractivity contribution in [2.45, 2.75) is 26.7 Å². The highest BCUT2D eigenvalue weighted by Crippen LogP contribution is 2.14. The summed E-state index contributed by atoms with van der Waals surface area (Å²) in [6, 6.07) is 6.90. The Morgan fingerprint density at radius 1 is 1.08 bits per heavy atom. The van der Waals surface area contributed by atoms with Gasteiger partial charge in [0.2, 0.25) is 5.91 Å². The maximum Gasteiger partial charge on any atom is 0.319 e. The first kappa shape index (κ1) is 20.2. The number of ether oxygens (including phenoxy) is 1. The lowest BCUT2D eigenvalue weighted by Crippen LogP contribution is -2.38. The average molecular weight is 362 g/mol. The summed E-state index contributed by atoms with van der Waals surface area (Å²) >= 11 is 0. The molecular weight excluding hydrogens is 332 g/mol. The number of hydrogen-bond acceptors (Lipinski definition) is 4. The van der Waals surface area contributed by atoms with Gasteiger partial charge in [0.25, 0.3) is 0 Å². The smallest absolute Gasteiger partial charge is 0.319 e. The molecule has 144 valence electrons. The van der Waals surface area contributed by atoms with E-state index in [0.717, 1.165) is 45.0 Å². The second kappa shape index (κ2) is 10.8. The molecule has 1 saturated heterocycles. The van der Waals surface area contributed by atoms with Crippen molar-refractivity contribution in [3.63, 3.8) is 0 Å². The molecule has 3 amide bonds. The lowest BCUT2D eigenvalue weighted by atomic mass is 10.1. The molecule has 7 heteroatoms. The summed E-state index contributed by atoms with van der Waals surface area (Å²) in [6.45, 7) is 9.13. The van der Waals surface area contributed by atoms with E-state index in [1.165, 1.54) is 0 Å². The van der Waals surface area contributed by atoms with Gasteiger partial charge in [-0.1, -0.05) is 13.8 Å². The molecule has 0 aliphatic carbocycles. The summed E-state index contributed by atoms with van der Waals surface area (Å²) in [5, 5.41) is 8.50. The lowest BCUT2D eigenvalue weighted by Gasteiger charge is -2.26. The zero-order valence-corrected chi connectivity index (χ0v) is 15.7. The normalized spacial score (nSPS) is 14.9. The standard InChI is InChI=1S/C19H30N4O3/c1-15(2)14-18(24)21-16-4-6-17(7-5-16)22-19(25)20-8-3-9-23-10-12-26-13-11-23/h4-7,15H,3,8-14H2,1-2H3,(H,21,24)(H2,20,22,25). The quantitative estimate of drug-likeness (QED) is 0.621. The third-order valence-corrected chi connectivity index (χ3v) is 4.06. The van der Waals surface area contributed by atoms with E-state index in [0.29, 0.717) is 24.6 Å². The number of carbonyl (C=O) groups excluding carboxylic acids is 2. The van der Waals surface area contributed by atoms with Crippen LogP contribution in [0.5, 0.6) is 0 Å². The fourth-order valence-electron chi connectivity index (χ4n) is 2.72. The van der Waals surface area contributed by atoms with Crippen LogP contribution in [0.2, 0.25) is 0 Å². The Morgan fingerprint density at radius 3 is 2.31 bits per heavy atom. The molecule has 1 aliphatic heterocycles. The lowest BCUT2D eigenvalue weighted by molar-refractivity contribution is -0.116. The van der Waals surface area contributed by atoms with Gasteiger partial charge in [-0.2, -0.15) is 0 Å². The van der Waals surface area contributed by atoms with Gasteiger partial charge in [0, 0.05) is 37.4 Å². The highest BCUT2D eigenvalue weighted by Gasteiger charge is 2.10. The van der Waals surface area contributed by atoms with Gasteiger partial charge >= 0.3 is 6.03 Å². The highest BCUT2D eigenvalue weighted by atomic mass is 16.5. The van der Waals surface area contributed by atoms with Crippen molar-refractivity contribution in [2.75, 3.05) is 50.0 Å². The van der Waals surface area contributed by atoms with E-state index >= 15 is 0 Å². The minimum absolute atomic E-state index is 0.00118. The highest BCUT2D eigenvalue weighted by molar-refractivity contribution is 5.92. The largest absolute Gasteiger partial charge is 0.379 e. The van der Waals surface area contributed by atoms with Crippen molar-refractivity contribution in [3.8, 4) is 0 Å². The molecule has 1 aromatic rings. The van der Waals surface area contributed by atoms with Gasteiger partial charge in [-0.05, 0) is 43.1 Å². The van der Waals surface area contributed by atoms with Crippen LogP contribution in [-0.2, 0) is 9.53 Å². The molecule has 26 heavy (non-hydrogen) atoms. The number of anilines is 2. The number of benzene rings is 1. The summed E-state index contributed by atoms with van der Waals surface area (Å²) < 4.78 is 5.31. The first-order valence-corrected chi connectivity index (χ1v) is 9.28. The number of morpholine rings is 1. The van der Waals surface area contributed by atoms with E-state index in [9.17, 15) is 9.59 Å². The SMILES string of the molecule is CC(C)CC(=O)Nc1ccc(NC(=O)NCCCN2CCOCC2)cc1. The summed E-state index contributed by atoms with van der Waals surface area (Å²) in [7, 11) is 0. The zero-order valence-electron chi connectivity index (χ0n) is 15.7. The first-order valence-electron chi connectivity index (χ1n) is 9.28. The van der Waals surface area contributed by atoms with Gasteiger partial charge in [-0.25, -0.2) is 4.79 Å². The molecule has 0 unspecified atom stereocenters. The van der Waals surface area contributed by atoms with E-state index in [2.05, 4.69) is 20.9 Å². The molecule has 1 aromatic carbocycles. The Hall–Kier alpha value is -2.12. The van der Waals surface area contributed by atoms with Crippen LogP contribution in [-0.4, -0.2) is 56.2 Å². The monoisotopic (exact) mass is 362 g/mol. The Labute approximate surface area is 155 Å². The molecular formula is C19H30N4O3. The summed E-state index contributed by atoms with van der Waals surface area (Å²) in [6.07, 6.45) is 1.40. The Bertz CT molecular complexity index is 569. The van der Waals surface area contributed by atoms with Crippen LogP contribution in [0, 0.1) is 5.92 Å².